The molecule has 1 rings (SSSR count). The van der Waals surface area contributed by atoms with Crippen LogP contribution in [0.5, 0.6) is 0 Å². The molecule has 0 radical (unpaired) electrons. The molecule has 1 saturated heterocycles. The summed E-state index contributed by atoms with van der Waals surface area (Å²) in [6.45, 7) is 5.52. The van der Waals surface area contributed by atoms with Crippen molar-refractivity contribution in [1.82, 2.24) is 4.90 Å². The summed E-state index contributed by atoms with van der Waals surface area (Å²) in [6.07, 6.45) is 4.20. The number of carbonyl (C=O) groups excluding carboxylic acids is 1. The Labute approximate surface area is 100 Å². The first-order valence-electron chi connectivity index (χ1n) is 5.76. The van der Waals surface area contributed by atoms with Crippen LogP contribution in [-0.4, -0.2) is 41.9 Å². The number of rotatable bonds is 7. The van der Waals surface area contributed by atoms with Crippen LogP contribution in [0.1, 0.15) is 32.6 Å². The molecule has 1 amide bonds. The number of carbonyl (C=O) groups is 1. The maximum atomic E-state index is 11.5. The zero-order valence-electron chi connectivity index (χ0n) is 9.38. The Bertz CT molecular complexity index is 199. The number of amides is 1. The summed E-state index contributed by atoms with van der Waals surface area (Å²) >= 11 is 3.36. The van der Waals surface area contributed by atoms with E-state index in [0.29, 0.717) is 0 Å². The van der Waals surface area contributed by atoms with Crippen molar-refractivity contribution in [3.8, 4) is 0 Å². The fourth-order valence-electron chi connectivity index (χ4n) is 1.63. The second-order valence-electron chi connectivity index (χ2n) is 3.90. The zero-order chi connectivity index (χ0) is 11.1. The van der Waals surface area contributed by atoms with Crippen molar-refractivity contribution in [3.05, 3.63) is 0 Å². The van der Waals surface area contributed by atoms with Gasteiger partial charge in [-0.1, -0.05) is 29.3 Å². The molecular weight excluding hydrogens is 258 g/mol. The second kappa shape index (κ2) is 7.23. The molecule has 0 aromatic rings. The van der Waals surface area contributed by atoms with Crippen LogP contribution in [-0.2, 0) is 9.53 Å². The Morgan fingerprint density at radius 3 is 2.80 bits per heavy atom. The van der Waals surface area contributed by atoms with E-state index < -0.39 is 0 Å². The van der Waals surface area contributed by atoms with Gasteiger partial charge in [-0.15, -0.1) is 0 Å². The summed E-state index contributed by atoms with van der Waals surface area (Å²) in [5, 5.41) is 0. The van der Waals surface area contributed by atoms with Gasteiger partial charge in [-0.25, -0.2) is 0 Å². The monoisotopic (exact) mass is 277 g/mol. The average molecular weight is 278 g/mol. The topological polar surface area (TPSA) is 29.5 Å². The van der Waals surface area contributed by atoms with Gasteiger partial charge in [0.1, 0.15) is 0 Å². The molecule has 1 unspecified atom stereocenters. The molecule has 4 heteroatoms. The minimum absolute atomic E-state index is 0.0542. The van der Waals surface area contributed by atoms with Gasteiger partial charge in [-0.2, -0.15) is 0 Å². The fourth-order valence-corrected chi connectivity index (χ4v) is 2.12. The molecule has 1 aliphatic rings. The van der Waals surface area contributed by atoms with Crippen molar-refractivity contribution >= 4 is 21.8 Å². The molecule has 0 spiro atoms. The molecule has 0 aromatic carbocycles. The summed E-state index contributed by atoms with van der Waals surface area (Å²) in [5.41, 5.74) is 0. The highest BCUT2D eigenvalue weighted by atomic mass is 79.9. The number of unbranched alkanes of at least 4 members (excludes halogenated alkanes) is 1. The van der Waals surface area contributed by atoms with Gasteiger partial charge in [-0.3, -0.25) is 4.79 Å². The van der Waals surface area contributed by atoms with E-state index in [1.807, 2.05) is 4.90 Å². The molecule has 1 fully saturated rings. The van der Waals surface area contributed by atoms with Crippen LogP contribution in [0.25, 0.3) is 0 Å². The summed E-state index contributed by atoms with van der Waals surface area (Å²) in [6, 6.07) is 0. The highest BCUT2D eigenvalue weighted by molar-refractivity contribution is 9.10. The Balaban J connectivity index is 1.98. The minimum Gasteiger partial charge on any atom is -0.381 e. The number of ether oxygens (including phenoxy) is 1. The lowest BCUT2D eigenvalue weighted by atomic mass is 10.3. The number of halogens is 1. The van der Waals surface area contributed by atoms with Gasteiger partial charge in [0.15, 0.2) is 0 Å². The average Bonchev–Trinajstić information content (AvgIpc) is 2.54. The largest absolute Gasteiger partial charge is 0.381 e. The molecular formula is C11H20BrNO2. The highest BCUT2D eigenvalue weighted by Gasteiger charge is 2.28. The summed E-state index contributed by atoms with van der Waals surface area (Å²) in [7, 11) is 0. The fraction of sp³-hybridized carbons (Fsp3) is 0.909. The SMILES string of the molecule is CCCCOCCCN1CCC(Br)C1=O. The molecule has 1 heterocycles. The van der Waals surface area contributed by atoms with Crippen LogP contribution in [0.4, 0.5) is 0 Å². The van der Waals surface area contributed by atoms with E-state index in [9.17, 15) is 4.79 Å². The molecule has 0 N–H and O–H groups in total. The van der Waals surface area contributed by atoms with Gasteiger partial charge in [0.2, 0.25) is 5.91 Å². The second-order valence-corrected chi connectivity index (χ2v) is 5.01. The molecule has 88 valence electrons. The third kappa shape index (κ3) is 4.51. The third-order valence-corrected chi connectivity index (χ3v) is 3.44. The Morgan fingerprint density at radius 2 is 2.20 bits per heavy atom. The molecule has 0 bridgehead atoms. The smallest absolute Gasteiger partial charge is 0.236 e. The van der Waals surface area contributed by atoms with Crippen molar-refractivity contribution in [2.24, 2.45) is 0 Å². The van der Waals surface area contributed by atoms with Gasteiger partial charge in [0, 0.05) is 26.3 Å². The van der Waals surface area contributed by atoms with E-state index in [2.05, 4.69) is 22.9 Å². The number of nitrogens with zero attached hydrogens (tertiary/aromatic N) is 1. The normalized spacial score (nSPS) is 21.3. The molecule has 1 aliphatic heterocycles. The maximum Gasteiger partial charge on any atom is 0.236 e. The van der Waals surface area contributed by atoms with Gasteiger partial charge in [-0.05, 0) is 19.3 Å². The first-order chi connectivity index (χ1) is 7.25. The van der Waals surface area contributed by atoms with Crippen LogP contribution in [0.2, 0.25) is 0 Å². The predicted octanol–water partition coefficient (Wildman–Crippen LogP) is 2.19. The van der Waals surface area contributed by atoms with Crippen molar-refractivity contribution in [2.75, 3.05) is 26.3 Å². The summed E-state index contributed by atoms with van der Waals surface area (Å²) in [4.78, 5) is 13.5. The summed E-state index contributed by atoms with van der Waals surface area (Å²) < 4.78 is 5.45. The highest BCUT2D eigenvalue weighted by Crippen LogP contribution is 2.18. The quantitative estimate of drug-likeness (QED) is 0.527. The number of likely N-dealkylation sites (tertiary alicyclic amines) is 1. The van der Waals surface area contributed by atoms with E-state index in [1.54, 1.807) is 0 Å². The lowest BCUT2D eigenvalue weighted by molar-refractivity contribution is -0.127. The number of hydrogen-bond acceptors (Lipinski definition) is 2. The lowest BCUT2D eigenvalue weighted by Gasteiger charge is -2.15. The van der Waals surface area contributed by atoms with Crippen molar-refractivity contribution in [2.45, 2.75) is 37.4 Å². The Morgan fingerprint density at radius 1 is 1.47 bits per heavy atom. The molecule has 15 heavy (non-hydrogen) atoms. The van der Waals surface area contributed by atoms with E-state index in [4.69, 9.17) is 4.74 Å². The van der Waals surface area contributed by atoms with Gasteiger partial charge in [0.05, 0.1) is 4.83 Å². The van der Waals surface area contributed by atoms with Crippen molar-refractivity contribution < 1.29 is 9.53 Å². The van der Waals surface area contributed by atoms with Gasteiger partial charge in [0.25, 0.3) is 0 Å². The lowest BCUT2D eigenvalue weighted by Crippen LogP contribution is -2.29. The standard InChI is InChI=1S/C11H20BrNO2/c1-2-3-8-15-9-4-6-13-7-5-10(12)11(13)14/h10H,2-9H2,1H3. The maximum absolute atomic E-state index is 11.5. The molecule has 3 nitrogen and oxygen atoms in total. The minimum atomic E-state index is 0.0542. The third-order valence-electron chi connectivity index (χ3n) is 2.59. The van der Waals surface area contributed by atoms with Crippen molar-refractivity contribution in [1.29, 1.82) is 0 Å². The van der Waals surface area contributed by atoms with E-state index in [1.165, 1.54) is 6.42 Å². The van der Waals surface area contributed by atoms with Crippen LogP contribution in [0, 0.1) is 0 Å². The molecule has 0 aromatic heterocycles. The molecule has 0 saturated carbocycles. The Kier molecular flexibility index (Phi) is 6.25. The summed E-state index contributed by atoms with van der Waals surface area (Å²) in [5.74, 6) is 0.239. The van der Waals surface area contributed by atoms with E-state index in [0.717, 1.165) is 45.6 Å². The molecule has 0 aliphatic carbocycles. The van der Waals surface area contributed by atoms with Crippen LogP contribution in [0.3, 0.4) is 0 Å². The number of alkyl halides is 1. The van der Waals surface area contributed by atoms with Crippen LogP contribution in [0.15, 0.2) is 0 Å². The van der Waals surface area contributed by atoms with Gasteiger partial charge >= 0.3 is 0 Å². The van der Waals surface area contributed by atoms with E-state index in [-0.39, 0.29) is 10.7 Å². The van der Waals surface area contributed by atoms with E-state index >= 15 is 0 Å². The van der Waals surface area contributed by atoms with Crippen LogP contribution < -0.4 is 0 Å². The Hall–Kier alpha value is -0.0900. The van der Waals surface area contributed by atoms with Crippen LogP contribution >= 0.6 is 15.9 Å². The molecule has 1 atom stereocenters. The first-order valence-corrected chi connectivity index (χ1v) is 6.68. The van der Waals surface area contributed by atoms with Gasteiger partial charge < -0.3 is 9.64 Å². The number of hydrogen-bond donors (Lipinski definition) is 0. The van der Waals surface area contributed by atoms with Crippen molar-refractivity contribution in [3.63, 3.8) is 0 Å². The predicted molar refractivity (Wildman–Crippen MR) is 64.3 cm³/mol. The first kappa shape index (κ1) is 13.0. The zero-order valence-corrected chi connectivity index (χ0v) is 11.0.